The Hall–Kier alpha value is -2.71. The average Bonchev–Trinajstić information content (AvgIpc) is 3.50. The third-order valence-electron chi connectivity index (χ3n) is 5.68. The number of imidazole rings is 1. The van der Waals surface area contributed by atoms with E-state index < -0.39 is 9.84 Å². The Morgan fingerprint density at radius 2 is 1.70 bits per heavy atom. The molecule has 1 aromatic heterocycles. The van der Waals surface area contributed by atoms with Crippen LogP contribution < -0.4 is 5.32 Å². The van der Waals surface area contributed by atoms with E-state index in [1.54, 1.807) is 6.20 Å². The Bertz CT molecular complexity index is 1190. The number of hydrogen-bond acceptors (Lipinski definition) is 4. The minimum Gasteiger partial charge on any atom is -0.360 e. The Labute approximate surface area is 201 Å². The summed E-state index contributed by atoms with van der Waals surface area (Å²) in [5.41, 5.74) is 2.58. The fourth-order valence-electron chi connectivity index (χ4n) is 3.71. The van der Waals surface area contributed by atoms with E-state index in [0.717, 1.165) is 29.7 Å². The van der Waals surface area contributed by atoms with Gasteiger partial charge in [-0.3, -0.25) is 0 Å². The molecule has 1 saturated carbocycles. The second-order valence-corrected chi connectivity index (χ2v) is 11.1. The molecule has 1 heterocycles. The van der Waals surface area contributed by atoms with Crippen LogP contribution in [0.1, 0.15) is 43.5 Å². The Balaban J connectivity index is 1.67. The molecule has 2 aromatic carbocycles. The van der Waals surface area contributed by atoms with Crippen molar-refractivity contribution in [1.82, 2.24) is 19.8 Å². The smallest absolute Gasteiger partial charge is 0.228 e. The zero-order chi connectivity index (χ0) is 23.4. The molecule has 1 fully saturated rings. The lowest BCUT2D eigenvalue weighted by Crippen LogP contribution is -2.44. The first kappa shape index (κ1) is 23.4. The number of nitrogens with one attached hydrogen (secondary N) is 1. The maximum absolute atomic E-state index is 13.4. The molecule has 33 heavy (non-hydrogen) atoms. The molecule has 3 aromatic rings. The van der Waals surface area contributed by atoms with Crippen LogP contribution >= 0.6 is 12.2 Å². The van der Waals surface area contributed by atoms with Crippen LogP contribution in [0.2, 0.25) is 0 Å². The third-order valence-corrected chi connectivity index (χ3v) is 7.63. The third kappa shape index (κ3) is 6.00. The van der Waals surface area contributed by atoms with Gasteiger partial charge >= 0.3 is 0 Å². The van der Waals surface area contributed by atoms with Crippen LogP contribution in [0.15, 0.2) is 72.0 Å². The molecule has 0 unspecified atom stereocenters. The molecule has 6 nitrogen and oxygen atoms in total. The summed E-state index contributed by atoms with van der Waals surface area (Å²) in [5.74, 6) is -0.0887. The Morgan fingerprint density at radius 1 is 1.09 bits per heavy atom. The predicted octanol–water partition coefficient (Wildman–Crippen LogP) is 4.15. The van der Waals surface area contributed by atoms with Crippen LogP contribution in [0, 0.1) is 0 Å². The molecular formula is C25H30N4O2S2. The minimum atomic E-state index is -3.64. The van der Waals surface area contributed by atoms with E-state index in [0.29, 0.717) is 24.2 Å². The molecule has 174 valence electrons. The van der Waals surface area contributed by atoms with Gasteiger partial charge in [0.25, 0.3) is 0 Å². The summed E-state index contributed by atoms with van der Waals surface area (Å²) in [7, 11) is -3.64. The zero-order valence-corrected chi connectivity index (χ0v) is 20.6. The summed E-state index contributed by atoms with van der Waals surface area (Å²) in [6.45, 7) is 5.09. The second-order valence-electron chi connectivity index (χ2n) is 8.79. The molecule has 0 aliphatic heterocycles. The fraction of sp³-hybridized carbons (Fsp3) is 0.360. The zero-order valence-electron chi connectivity index (χ0n) is 19.0. The number of thiocarbonyl (C=S) groups is 1. The van der Waals surface area contributed by atoms with Gasteiger partial charge in [0.1, 0.15) is 0 Å². The molecule has 0 bridgehead atoms. The Morgan fingerprint density at radius 3 is 2.27 bits per heavy atom. The van der Waals surface area contributed by atoms with Crippen molar-refractivity contribution in [1.29, 1.82) is 0 Å². The number of rotatable bonds is 9. The molecule has 4 rings (SSSR count). The monoisotopic (exact) mass is 482 g/mol. The first-order valence-electron chi connectivity index (χ1n) is 11.3. The van der Waals surface area contributed by atoms with Crippen molar-refractivity contribution in [2.24, 2.45) is 0 Å². The lowest BCUT2D eigenvalue weighted by atomic mass is 10.2. The van der Waals surface area contributed by atoms with Crippen LogP contribution in [0.3, 0.4) is 0 Å². The summed E-state index contributed by atoms with van der Waals surface area (Å²) >= 11 is 5.67. The fourth-order valence-corrected chi connectivity index (χ4v) is 5.64. The van der Waals surface area contributed by atoms with Gasteiger partial charge in [-0.1, -0.05) is 60.7 Å². The van der Waals surface area contributed by atoms with Gasteiger partial charge < -0.3 is 14.8 Å². The molecule has 0 amide bonds. The highest BCUT2D eigenvalue weighted by molar-refractivity contribution is 7.90. The van der Waals surface area contributed by atoms with Crippen molar-refractivity contribution >= 4 is 27.2 Å². The lowest BCUT2D eigenvalue weighted by molar-refractivity contribution is 0.327. The molecular weight excluding hydrogens is 452 g/mol. The second kappa shape index (κ2) is 10.1. The molecule has 0 spiro atoms. The van der Waals surface area contributed by atoms with Gasteiger partial charge in [0, 0.05) is 12.1 Å². The minimum absolute atomic E-state index is 0.0887. The number of hydrogen-bond donors (Lipinski definition) is 1. The van der Waals surface area contributed by atoms with Crippen molar-refractivity contribution in [3.8, 4) is 0 Å². The topological polar surface area (TPSA) is 67.2 Å². The van der Waals surface area contributed by atoms with Gasteiger partial charge in [0.2, 0.25) is 15.0 Å². The maximum Gasteiger partial charge on any atom is 0.228 e. The molecule has 1 N–H and O–H groups in total. The van der Waals surface area contributed by atoms with E-state index in [9.17, 15) is 8.42 Å². The lowest BCUT2D eigenvalue weighted by Gasteiger charge is -2.30. The van der Waals surface area contributed by atoms with Crippen LogP contribution in [0.5, 0.6) is 0 Å². The van der Waals surface area contributed by atoms with Gasteiger partial charge in [-0.2, -0.15) is 0 Å². The quantitative estimate of drug-likeness (QED) is 0.462. The summed E-state index contributed by atoms with van der Waals surface area (Å²) in [5, 5.41) is 4.20. The number of benzene rings is 2. The van der Waals surface area contributed by atoms with Crippen LogP contribution in [0.4, 0.5) is 0 Å². The summed E-state index contributed by atoms with van der Waals surface area (Å²) < 4.78 is 28.6. The molecule has 8 heteroatoms. The largest absolute Gasteiger partial charge is 0.360 e. The van der Waals surface area contributed by atoms with Crippen LogP contribution in [0.25, 0.3) is 0 Å². The molecule has 1 aliphatic rings. The molecule has 0 saturated heterocycles. The normalized spacial score (nSPS) is 13.8. The number of sulfone groups is 1. The van der Waals surface area contributed by atoms with Crippen molar-refractivity contribution < 1.29 is 8.42 Å². The summed E-state index contributed by atoms with van der Waals surface area (Å²) in [6, 6.07) is 19.7. The van der Waals surface area contributed by atoms with E-state index in [1.807, 2.05) is 65.2 Å². The highest BCUT2D eigenvalue weighted by Crippen LogP contribution is 2.23. The van der Waals surface area contributed by atoms with E-state index in [1.165, 1.54) is 0 Å². The van der Waals surface area contributed by atoms with E-state index in [2.05, 4.69) is 29.0 Å². The molecule has 1 aliphatic carbocycles. The van der Waals surface area contributed by atoms with Gasteiger partial charge in [-0.05, 0) is 50.0 Å². The average molecular weight is 483 g/mol. The summed E-state index contributed by atoms with van der Waals surface area (Å²) in [6.07, 6.45) is 3.95. The first-order chi connectivity index (χ1) is 15.8. The van der Waals surface area contributed by atoms with Crippen molar-refractivity contribution in [3.05, 3.63) is 83.7 Å². The SMILES string of the molecule is CC(C)N(Cc1cnc(S(=O)(=O)Cc2ccccc2)n1Cc1ccccc1)C(=S)NC1CC1. The number of aromatic nitrogens is 2. The highest BCUT2D eigenvalue weighted by atomic mass is 32.2. The van der Waals surface area contributed by atoms with Gasteiger partial charge in [0.05, 0.1) is 30.7 Å². The van der Waals surface area contributed by atoms with Crippen LogP contribution in [-0.2, 0) is 28.7 Å². The maximum atomic E-state index is 13.4. The highest BCUT2D eigenvalue weighted by Gasteiger charge is 2.28. The van der Waals surface area contributed by atoms with Crippen molar-refractivity contribution in [2.75, 3.05) is 0 Å². The van der Waals surface area contributed by atoms with E-state index in [4.69, 9.17) is 12.2 Å². The standard InChI is InChI=1S/C25H30N4O2S2/c1-19(2)28(24(32)27-22-13-14-22)17-23-15-26-25(29(23)16-20-9-5-3-6-10-20)33(30,31)18-21-11-7-4-8-12-21/h3-12,15,19,22H,13-14,16-18H2,1-2H3,(H,27,32). The first-order valence-corrected chi connectivity index (χ1v) is 13.3. The van der Waals surface area contributed by atoms with Gasteiger partial charge in [-0.15, -0.1) is 0 Å². The van der Waals surface area contributed by atoms with E-state index in [-0.39, 0.29) is 17.0 Å². The van der Waals surface area contributed by atoms with Crippen molar-refractivity contribution in [3.63, 3.8) is 0 Å². The van der Waals surface area contributed by atoms with Gasteiger partial charge in [0.15, 0.2) is 5.11 Å². The molecule has 0 atom stereocenters. The van der Waals surface area contributed by atoms with Crippen molar-refractivity contribution in [2.45, 2.75) is 62.8 Å². The molecule has 0 radical (unpaired) electrons. The predicted molar refractivity (Wildman–Crippen MR) is 135 cm³/mol. The van der Waals surface area contributed by atoms with Crippen LogP contribution in [-0.4, -0.2) is 40.1 Å². The Kier molecular flexibility index (Phi) is 7.14. The van der Waals surface area contributed by atoms with Gasteiger partial charge in [-0.25, -0.2) is 13.4 Å². The summed E-state index contributed by atoms with van der Waals surface area (Å²) in [4.78, 5) is 6.51. The number of nitrogens with zero attached hydrogens (tertiary/aromatic N) is 3. The van der Waals surface area contributed by atoms with E-state index >= 15 is 0 Å².